The van der Waals surface area contributed by atoms with Gasteiger partial charge in [0, 0.05) is 43.3 Å². The van der Waals surface area contributed by atoms with Crippen LogP contribution >= 0.6 is 11.3 Å². The van der Waals surface area contributed by atoms with E-state index in [9.17, 15) is 0 Å². The Balaban J connectivity index is 1.36. The Morgan fingerprint density at radius 3 is 2.65 bits per heavy atom. The standard InChI is InChI=1S/C16H17N5OS/c1-2-4-13(5-3-1)15-18-14(19-22-15)12-20-7-9-21(10-8-20)16-17-6-11-23-16/h1-6,11H,7-10,12H2. The van der Waals surface area contributed by atoms with Gasteiger partial charge in [-0.15, -0.1) is 11.3 Å². The second-order valence-corrected chi connectivity index (χ2v) is 6.33. The minimum Gasteiger partial charge on any atom is -0.346 e. The number of piperazine rings is 1. The lowest BCUT2D eigenvalue weighted by Crippen LogP contribution is -2.46. The molecule has 6 nitrogen and oxygen atoms in total. The number of nitrogens with zero attached hydrogens (tertiary/aromatic N) is 5. The number of hydrogen-bond donors (Lipinski definition) is 0. The minimum atomic E-state index is 0.585. The van der Waals surface area contributed by atoms with Crippen LogP contribution in [-0.2, 0) is 6.54 Å². The molecule has 1 aliphatic rings. The third-order valence-corrected chi connectivity index (χ3v) is 4.75. The second kappa shape index (κ2) is 6.47. The van der Waals surface area contributed by atoms with Gasteiger partial charge in [-0.05, 0) is 12.1 Å². The maximum absolute atomic E-state index is 5.37. The van der Waals surface area contributed by atoms with E-state index in [-0.39, 0.29) is 0 Å². The molecule has 118 valence electrons. The van der Waals surface area contributed by atoms with E-state index in [1.807, 2.05) is 41.9 Å². The number of thiazole rings is 1. The summed E-state index contributed by atoms with van der Waals surface area (Å²) in [5.41, 5.74) is 0.958. The van der Waals surface area contributed by atoms with Crippen LogP contribution in [0.15, 0.2) is 46.4 Å². The van der Waals surface area contributed by atoms with Gasteiger partial charge in [0.05, 0.1) is 6.54 Å². The van der Waals surface area contributed by atoms with Crippen LogP contribution in [0.2, 0.25) is 0 Å². The van der Waals surface area contributed by atoms with Crippen molar-refractivity contribution in [2.75, 3.05) is 31.1 Å². The molecule has 3 heterocycles. The summed E-state index contributed by atoms with van der Waals surface area (Å²) in [5.74, 6) is 1.33. The summed E-state index contributed by atoms with van der Waals surface area (Å²) >= 11 is 1.69. The van der Waals surface area contributed by atoms with Gasteiger partial charge in [-0.25, -0.2) is 4.98 Å². The summed E-state index contributed by atoms with van der Waals surface area (Å²) in [4.78, 5) is 13.5. The topological polar surface area (TPSA) is 58.3 Å². The number of hydrogen-bond acceptors (Lipinski definition) is 7. The van der Waals surface area contributed by atoms with Crippen LogP contribution in [0.4, 0.5) is 5.13 Å². The molecule has 1 aliphatic heterocycles. The zero-order chi connectivity index (χ0) is 15.5. The summed E-state index contributed by atoms with van der Waals surface area (Å²) in [6.07, 6.45) is 1.86. The van der Waals surface area contributed by atoms with Crippen molar-refractivity contribution in [3.63, 3.8) is 0 Å². The number of anilines is 1. The summed E-state index contributed by atoms with van der Waals surface area (Å²) in [7, 11) is 0. The fourth-order valence-corrected chi connectivity index (χ4v) is 3.38. The van der Waals surface area contributed by atoms with E-state index in [4.69, 9.17) is 4.52 Å². The molecule has 0 N–H and O–H groups in total. The first kappa shape index (κ1) is 14.3. The van der Waals surface area contributed by atoms with Crippen molar-refractivity contribution < 1.29 is 4.52 Å². The molecule has 7 heteroatoms. The average Bonchev–Trinajstić information content (AvgIpc) is 3.28. The third kappa shape index (κ3) is 3.25. The van der Waals surface area contributed by atoms with Crippen molar-refractivity contribution in [3.05, 3.63) is 47.7 Å². The largest absolute Gasteiger partial charge is 0.346 e. The molecule has 0 aliphatic carbocycles. The van der Waals surface area contributed by atoms with E-state index in [1.54, 1.807) is 11.3 Å². The Morgan fingerprint density at radius 1 is 1.09 bits per heavy atom. The molecule has 3 aromatic rings. The van der Waals surface area contributed by atoms with Crippen LogP contribution in [0, 0.1) is 0 Å². The first-order valence-electron chi connectivity index (χ1n) is 7.63. The van der Waals surface area contributed by atoms with Gasteiger partial charge in [0.25, 0.3) is 5.89 Å². The molecule has 23 heavy (non-hydrogen) atoms. The molecule has 4 rings (SSSR count). The van der Waals surface area contributed by atoms with Gasteiger partial charge in [-0.2, -0.15) is 4.98 Å². The highest BCUT2D eigenvalue weighted by Gasteiger charge is 2.20. The molecule has 0 radical (unpaired) electrons. The van der Waals surface area contributed by atoms with Gasteiger partial charge in [0.15, 0.2) is 11.0 Å². The molecule has 0 atom stereocenters. The van der Waals surface area contributed by atoms with Crippen LogP contribution < -0.4 is 4.90 Å². The highest BCUT2D eigenvalue weighted by Crippen LogP contribution is 2.20. The molecule has 0 saturated carbocycles. The SMILES string of the molecule is c1ccc(-c2nc(CN3CCN(c4nccs4)CC3)no2)cc1. The Morgan fingerprint density at radius 2 is 1.91 bits per heavy atom. The van der Waals surface area contributed by atoms with E-state index in [0.29, 0.717) is 5.89 Å². The van der Waals surface area contributed by atoms with Crippen molar-refractivity contribution in [1.82, 2.24) is 20.0 Å². The molecule has 2 aromatic heterocycles. The van der Waals surface area contributed by atoms with Crippen molar-refractivity contribution >= 4 is 16.5 Å². The second-order valence-electron chi connectivity index (χ2n) is 5.46. The molecule has 1 saturated heterocycles. The molecule has 0 bridgehead atoms. The molecule has 0 unspecified atom stereocenters. The fraction of sp³-hybridized carbons (Fsp3) is 0.312. The normalized spacial score (nSPS) is 15.9. The predicted molar refractivity (Wildman–Crippen MR) is 89.3 cm³/mol. The average molecular weight is 327 g/mol. The monoisotopic (exact) mass is 327 g/mol. The number of benzene rings is 1. The van der Waals surface area contributed by atoms with Gasteiger partial charge < -0.3 is 9.42 Å². The molecular formula is C16H17N5OS. The lowest BCUT2D eigenvalue weighted by atomic mass is 10.2. The molecule has 1 fully saturated rings. The van der Waals surface area contributed by atoms with E-state index >= 15 is 0 Å². The van der Waals surface area contributed by atoms with Crippen molar-refractivity contribution in [3.8, 4) is 11.5 Å². The van der Waals surface area contributed by atoms with Gasteiger partial charge in [0.2, 0.25) is 0 Å². The van der Waals surface area contributed by atoms with Crippen LogP contribution in [-0.4, -0.2) is 46.2 Å². The van der Waals surface area contributed by atoms with E-state index in [2.05, 4.69) is 24.9 Å². The van der Waals surface area contributed by atoms with Crippen LogP contribution in [0.25, 0.3) is 11.5 Å². The minimum absolute atomic E-state index is 0.585. The lowest BCUT2D eigenvalue weighted by molar-refractivity contribution is 0.240. The Bertz CT molecular complexity index is 735. The zero-order valence-corrected chi connectivity index (χ0v) is 13.4. The predicted octanol–water partition coefficient (Wildman–Crippen LogP) is 2.52. The highest BCUT2D eigenvalue weighted by molar-refractivity contribution is 7.13. The maximum Gasteiger partial charge on any atom is 0.257 e. The first-order chi connectivity index (χ1) is 11.4. The van der Waals surface area contributed by atoms with E-state index in [1.165, 1.54) is 0 Å². The summed E-state index contributed by atoms with van der Waals surface area (Å²) < 4.78 is 5.37. The highest BCUT2D eigenvalue weighted by atomic mass is 32.1. The molecule has 0 spiro atoms. The fourth-order valence-electron chi connectivity index (χ4n) is 2.69. The summed E-state index contributed by atoms with van der Waals surface area (Å²) in [5, 5.41) is 7.23. The van der Waals surface area contributed by atoms with E-state index in [0.717, 1.165) is 49.2 Å². The van der Waals surface area contributed by atoms with Crippen LogP contribution in [0.3, 0.4) is 0 Å². The first-order valence-corrected chi connectivity index (χ1v) is 8.51. The third-order valence-electron chi connectivity index (χ3n) is 3.92. The van der Waals surface area contributed by atoms with Gasteiger partial charge >= 0.3 is 0 Å². The van der Waals surface area contributed by atoms with Crippen molar-refractivity contribution in [1.29, 1.82) is 0 Å². The Labute approximate surface area is 138 Å². The zero-order valence-electron chi connectivity index (χ0n) is 12.6. The maximum atomic E-state index is 5.37. The van der Waals surface area contributed by atoms with Crippen molar-refractivity contribution in [2.24, 2.45) is 0 Å². The van der Waals surface area contributed by atoms with Gasteiger partial charge in [-0.3, -0.25) is 4.90 Å². The number of aromatic nitrogens is 3. The molecular weight excluding hydrogens is 310 g/mol. The van der Waals surface area contributed by atoms with Crippen molar-refractivity contribution in [2.45, 2.75) is 6.54 Å². The molecule has 1 aromatic carbocycles. The number of rotatable bonds is 4. The molecule has 0 amide bonds. The van der Waals surface area contributed by atoms with Gasteiger partial charge in [-0.1, -0.05) is 23.4 Å². The quantitative estimate of drug-likeness (QED) is 0.734. The summed E-state index contributed by atoms with van der Waals surface area (Å²) in [6, 6.07) is 9.87. The van der Waals surface area contributed by atoms with E-state index < -0.39 is 0 Å². The van der Waals surface area contributed by atoms with Crippen LogP contribution in [0.1, 0.15) is 5.82 Å². The smallest absolute Gasteiger partial charge is 0.257 e. The lowest BCUT2D eigenvalue weighted by Gasteiger charge is -2.33. The van der Waals surface area contributed by atoms with Crippen LogP contribution in [0.5, 0.6) is 0 Å². The Kier molecular flexibility index (Phi) is 4.04. The summed E-state index contributed by atoms with van der Waals surface area (Å²) in [6.45, 7) is 4.65. The Hall–Kier alpha value is -2.25. The van der Waals surface area contributed by atoms with Gasteiger partial charge in [0.1, 0.15) is 0 Å².